The van der Waals surface area contributed by atoms with E-state index < -0.39 is 97.5 Å². The Labute approximate surface area is 613 Å². The normalized spacial score (nSPS) is 14.2. The fourth-order valence-corrected chi connectivity index (χ4v) is 14.0. The Kier molecular flexibility index (Phi) is 69.9. The molecule has 594 valence electrons. The molecule has 6 atom stereocenters. The number of aliphatic hydroxyl groups is 1. The average molecular weight is 1470 g/mol. The van der Waals surface area contributed by atoms with Crippen LogP contribution in [0.4, 0.5) is 0 Å². The highest BCUT2D eigenvalue weighted by Gasteiger charge is 2.30. The van der Waals surface area contributed by atoms with Crippen LogP contribution in [0.15, 0.2) is 0 Å². The molecule has 0 heterocycles. The second-order valence-corrected chi connectivity index (χ2v) is 33.3. The van der Waals surface area contributed by atoms with Gasteiger partial charge in [-0.1, -0.05) is 370 Å². The molecular weight excluding hydrogens is 1310 g/mol. The SMILES string of the molecule is CCCCCCCCCCCCCCCCCCCCCC(=O)O[C@H](COC(=O)CCCCCCCCCCCCCCCCC(C)CC)COP(=O)(O)OC[C@@H](O)COP(=O)(O)OC[C@@H](COC(=O)CCCCCCCCCCC(C)C)OC(=O)CCCCCCCCCCCC(C)C. The summed E-state index contributed by atoms with van der Waals surface area (Å²) in [5.74, 6) is 0.200. The van der Waals surface area contributed by atoms with Crippen molar-refractivity contribution in [3.8, 4) is 0 Å². The lowest BCUT2D eigenvalue weighted by molar-refractivity contribution is -0.161. The summed E-state index contributed by atoms with van der Waals surface area (Å²) in [5.41, 5.74) is 0. The number of rotatable bonds is 79. The molecule has 100 heavy (non-hydrogen) atoms. The zero-order valence-electron chi connectivity index (χ0n) is 65.7. The molecule has 0 rings (SSSR count). The summed E-state index contributed by atoms with van der Waals surface area (Å²) >= 11 is 0. The molecule has 0 amide bonds. The van der Waals surface area contributed by atoms with Crippen molar-refractivity contribution in [1.82, 2.24) is 0 Å². The van der Waals surface area contributed by atoms with Crippen LogP contribution in [-0.4, -0.2) is 96.7 Å². The zero-order chi connectivity index (χ0) is 73.7. The van der Waals surface area contributed by atoms with Gasteiger partial charge in [-0.3, -0.25) is 37.3 Å². The zero-order valence-corrected chi connectivity index (χ0v) is 67.5. The highest BCUT2D eigenvalue weighted by atomic mass is 31.2. The Balaban J connectivity index is 5.24. The molecule has 0 radical (unpaired) electrons. The predicted molar refractivity (Wildman–Crippen MR) is 409 cm³/mol. The lowest BCUT2D eigenvalue weighted by Gasteiger charge is -2.21. The van der Waals surface area contributed by atoms with Gasteiger partial charge in [0.2, 0.25) is 0 Å². The molecule has 0 saturated heterocycles. The van der Waals surface area contributed by atoms with Gasteiger partial charge in [0, 0.05) is 25.7 Å². The van der Waals surface area contributed by atoms with Crippen LogP contribution in [0, 0.1) is 17.8 Å². The first-order chi connectivity index (χ1) is 48.3. The van der Waals surface area contributed by atoms with E-state index in [1.165, 1.54) is 231 Å². The summed E-state index contributed by atoms with van der Waals surface area (Å²) < 4.78 is 68.7. The summed E-state index contributed by atoms with van der Waals surface area (Å²) in [6.45, 7) is 11.9. The van der Waals surface area contributed by atoms with E-state index in [-0.39, 0.29) is 25.7 Å². The van der Waals surface area contributed by atoms with E-state index in [9.17, 15) is 43.2 Å². The first-order valence-electron chi connectivity index (χ1n) is 41.9. The summed E-state index contributed by atoms with van der Waals surface area (Å²) in [6.07, 6.45) is 59.7. The standard InChI is InChI=1S/C81H158O17P2/c1-8-10-11-12-13-14-15-16-17-18-19-20-21-26-29-34-43-50-57-64-80(85)97-76(68-91-78(83)62-55-48-41-33-28-25-23-22-24-27-32-40-47-54-61-74(7)9-2)70-95-99(87,88)93-66-75(82)67-94-100(89,90)96-71-77(69-92-79(84)63-56-49-42-37-36-39-46-53-60-73(5)6)98-81(86)65-58-51-44-35-30-31-38-45-52-59-72(3)4/h72-77,82H,8-71H2,1-7H3,(H,87,88)(H,89,90)/t74?,75-,76-,77-/m1/s1. The summed E-state index contributed by atoms with van der Waals surface area (Å²) in [6, 6.07) is 0. The first kappa shape index (κ1) is 98.1. The molecule has 0 fully saturated rings. The number of phosphoric acid groups is 2. The lowest BCUT2D eigenvalue weighted by Crippen LogP contribution is -2.30. The van der Waals surface area contributed by atoms with Crippen molar-refractivity contribution in [1.29, 1.82) is 0 Å². The number of hydrogen-bond acceptors (Lipinski definition) is 15. The van der Waals surface area contributed by atoms with Crippen LogP contribution in [0.2, 0.25) is 0 Å². The molecule has 0 aliphatic heterocycles. The Morgan fingerprint density at radius 1 is 0.290 bits per heavy atom. The van der Waals surface area contributed by atoms with Crippen molar-refractivity contribution in [3.05, 3.63) is 0 Å². The molecule has 0 aliphatic carbocycles. The van der Waals surface area contributed by atoms with Gasteiger partial charge in [0.05, 0.1) is 26.4 Å². The molecule has 0 spiro atoms. The van der Waals surface area contributed by atoms with Crippen molar-refractivity contribution in [2.24, 2.45) is 17.8 Å². The van der Waals surface area contributed by atoms with Gasteiger partial charge < -0.3 is 33.8 Å². The Bertz CT molecular complexity index is 1940. The number of carbonyl (C=O) groups excluding carboxylic acids is 4. The maximum Gasteiger partial charge on any atom is 0.472 e. The van der Waals surface area contributed by atoms with Crippen molar-refractivity contribution in [3.63, 3.8) is 0 Å². The van der Waals surface area contributed by atoms with Crippen molar-refractivity contribution < 1.29 is 80.2 Å². The third-order valence-corrected chi connectivity index (χ3v) is 21.1. The number of aliphatic hydroxyl groups excluding tert-OH is 1. The Hall–Kier alpha value is -1.94. The fraction of sp³-hybridized carbons (Fsp3) is 0.951. The fourth-order valence-electron chi connectivity index (χ4n) is 12.5. The van der Waals surface area contributed by atoms with E-state index in [1.807, 2.05) is 0 Å². The number of ether oxygens (including phenoxy) is 4. The minimum Gasteiger partial charge on any atom is -0.462 e. The van der Waals surface area contributed by atoms with Crippen LogP contribution in [0.3, 0.4) is 0 Å². The van der Waals surface area contributed by atoms with Gasteiger partial charge in [-0.2, -0.15) is 0 Å². The molecule has 3 unspecified atom stereocenters. The first-order valence-corrected chi connectivity index (χ1v) is 44.9. The molecule has 0 bridgehead atoms. The molecule has 3 N–H and O–H groups in total. The van der Waals surface area contributed by atoms with Gasteiger partial charge in [-0.05, 0) is 43.4 Å². The van der Waals surface area contributed by atoms with Crippen LogP contribution < -0.4 is 0 Å². The van der Waals surface area contributed by atoms with Gasteiger partial charge in [-0.25, -0.2) is 9.13 Å². The van der Waals surface area contributed by atoms with Crippen LogP contribution in [0.25, 0.3) is 0 Å². The third kappa shape index (κ3) is 73.0. The summed E-state index contributed by atoms with van der Waals surface area (Å²) in [7, 11) is -9.92. The minimum atomic E-state index is -4.96. The number of carbonyl (C=O) groups is 4. The summed E-state index contributed by atoms with van der Waals surface area (Å²) in [5, 5.41) is 10.6. The molecule has 0 aromatic carbocycles. The van der Waals surface area contributed by atoms with E-state index >= 15 is 0 Å². The number of esters is 4. The number of phosphoric ester groups is 2. The molecule has 0 aliphatic rings. The number of hydrogen-bond donors (Lipinski definition) is 3. The van der Waals surface area contributed by atoms with Crippen LogP contribution in [0.5, 0.6) is 0 Å². The highest BCUT2D eigenvalue weighted by Crippen LogP contribution is 2.45. The monoisotopic (exact) mass is 1470 g/mol. The largest absolute Gasteiger partial charge is 0.472 e. The van der Waals surface area contributed by atoms with Crippen LogP contribution >= 0.6 is 15.6 Å². The molecule has 19 heteroatoms. The number of unbranched alkanes of at least 4 members (excludes halogenated alkanes) is 46. The third-order valence-electron chi connectivity index (χ3n) is 19.2. The molecule has 0 aromatic heterocycles. The molecule has 0 saturated carbocycles. The highest BCUT2D eigenvalue weighted by molar-refractivity contribution is 7.47. The smallest absolute Gasteiger partial charge is 0.462 e. The van der Waals surface area contributed by atoms with E-state index in [2.05, 4.69) is 48.5 Å². The molecule has 0 aromatic rings. The Morgan fingerprint density at radius 3 is 0.760 bits per heavy atom. The topological polar surface area (TPSA) is 237 Å². The maximum atomic E-state index is 13.1. The quantitative estimate of drug-likeness (QED) is 0.0222. The lowest BCUT2D eigenvalue weighted by atomic mass is 9.99. The van der Waals surface area contributed by atoms with E-state index in [0.29, 0.717) is 25.7 Å². The van der Waals surface area contributed by atoms with Crippen LogP contribution in [-0.2, 0) is 65.4 Å². The van der Waals surface area contributed by atoms with Gasteiger partial charge in [0.1, 0.15) is 19.3 Å². The van der Waals surface area contributed by atoms with Gasteiger partial charge >= 0.3 is 39.5 Å². The van der Waals surface area contributed by atoms with Crippen molar-refractivity contribution >= 4 is 39.5 Å². The second-order valence-electron chi connectivity index (χ2n) is 30.4. The maximum absolute atomic E-state index is 13.1. The van der Waals surface area contributed by atoms with E-state index in [0.717, 1.165) is 108 Å². The van der Waals surface area contributed by atoms with E-state index in [1.54, 1.807) is 0 Å². The van der Waals surface area contributed by atoms with Gasteiger partial charge in [0.15, 0.2) is 12.2 Å². The second kappa shape index (κ2) is 71.3. The molecular formula is C81H158O17P2. The molecule has 17 nitrogen and oxygen atoms in total. The van der Waals surface area contributed by atoms with E-state index in [4.69, 9.17) is 37.0 Å². The van der Waals surface area contributed by atoms with Crippen molar-refractivity contribution in [2.75, 3.05) is 39.6 Å². The Morgan fingerprint density at radius 2 is 0.510 bits per heavy atom. The minimum absolute atomic E-state index is 0.105. The summed E-state index contributed by atoms with van der Waals surface area (Å²) in [4.78, 5) is 73.0. The van der Waals surface area contributed by atoms with Crippen LogP contribution in [0.1, 0.15) is 421 Å². The average Bonchev–Trinajstić information content (AvgIpc) is 0.941. The van der Waals surface area contributed by atoms with Crippen molar-refractivity contribution in [2.45, 2.75) is 439 Å². The van der Waals surface area contributed by atoms with Gasteiger partial charge in [0.25, 0.3) is 0 Å². The van der Waals surface area contributed by atoms with Gasteiger partial charge in [-0.15, -0.1) is 0 Å². The predicted octanol–water partition coefficient (Wildman–Crippen LogP) is 24.1.